The van der Waals surface area contributed by atoms with Crippen LogP contribution >= 0.6 is 11.3 Å². The van der Waals surface area contributed by atoms with Crippen molar-refractivity contribution in [2.45, 2.75) is 13.0 Å². The lowest BCUT2D eigenvalue weighted by atomic mass is 9.91. The van der Waals surface area contributed by atoms with Gasteiger partial charge in [0.15, 0.2) is 11.5 Å². The lowest BCUT2D eigenvalue weighted by Crippen LogP contribution is -2.28. The second kappa shape index (κ2) is 9.87. The molecule has 8 nitrogen and oxygen atoms in total. The van der Waals surface area contributed by atoms with E-state index in [1.165, 1.54) is 35.6 Å². The van der Waals surface area contributed by atoms with Crippen molar-refractivity contribution in [1.82, 2.24) is 9.88 Å². The molecule has 10 heteroatoms. The third kappa shape index (κ3) is 4.42. The maximum Gasteiger partial charge on any atom is 0.267 e. The van der Waals surface area contributed by atoms with E-state index >= 15 is 0 Å². The van der Waals surface area contributed by atoms with Gasteiger partial charge in [0.1, 0.15) is 15.5 Å². The molecule has 37 heavy (non-hydrogen) atoms. The van der Waals surface area contributed by atoms with Crippen molar-refractivity contribution < 1.29 is 23.4 Å². The average molecular weight is 523 g/mol. The van der Waals surface area contributed by atoms with Gasteiger partial charge in [0.25, 0.3) is 5.91 Å². The number of methoxy groups -OCH3 is 3. The summed E-state index contributed by atoms with van der Waals surface area (Å²) in [6, 6.07) is 9.37. The average Bonchev–Trinajstić information content (AvgIpc) is 3.23. The van der Waals surface area contributed by atoms with Gasteiger partial charge in [0.2, 0.25) is 5.75 Å². The molecule has 2 aromatic carbocycles. The Morgan fingerprint density at radius 1 is 1.11 bits per heavy atom. The fourth-order valence-electron chi connectivity index (χ4n) is 4.69. The van der Waals surface area contributed by atoms with Crippen LogP contribution in [0.3, 0.4) is 0 Å². The highest BCUT2D eigenvalue weighted by atomic mass is 32.1. The van der Waals surface area contributed by atoms with Crippen LogP contribution in [0, 0.1) is 5.82 Å². The molecular weight excluding hydrogens is 495 g/mol. The molecule has 4 aromatic rings. The van der Waals surface area contributed by atoms with E-state index in [2.05, 4.69) is 17.3 Å². The van der Waals surface area contributed by atoms with Gasteiger partial charge in [-0.25, -0.2) is 9.37 Å². The number of fused-ring (bicyclic) bond motifs is 2. The molecule has 5 rings (SSSR count). The van der Waals surface area contributed by atoms with Gasteiger partial charge in [0.05, 0.1) is 27.0 Å². The number of benzene rings is 2. The molecule has 0 atom stereocenters. The summed E-state index contributed by atoms with van der Waals surface area (Å²) in [6.07, 6.45) is 0.772. The third-order valence-corrected chi connectivity index (χ3v) is 7.58. The van der Waals surface area contributed by atoms with Crippen LogP contribution in [-0.4, -0.2) is 50.7 Å². The Bertz CT molecular complexity index is 1480. The molecular formula is C27H27FN4O4S. The summed E-state index contributed by atoms with van der Waals surface area (Å²) in [7, 11) is 6.77. The minimum Gasteiger partial charge on any atom is -0.493 e. The van der Waals surface area contributed by atoms with Gasteiger partial charge in [-0.15, -0.1) is 11.3 Å². The van der Waals surface area contributed by atoms with Crippen molar-refractivity contribution in [3.63, 3.8) is 0 Å². The summed E-state index contributed by atoms with van der Waals surface area (Å²) in [5.74, 6) is 0.764. The van der Waals surface area contributed by atoms with Crippen LogP contribution in [0.2, 0.25) is 0 Å². The molecule has 0 fully saturated rings. The predicted molar refractivity (Wildman–Crippen MR) is 144 cm³/mol. The number of thiophene rings is 1. The molecule has 192 valence electrons. The van der Waals surface area contributed by atoms with E-state index in [1.54, 1.807) is 21.3 Å². The van der Waals surface area contributed by atoms with E-state index in [0.717, 1.165) is 35.3 Å². The lowest BCUT2D eigenvalue weighted by Gasteiger charge is -2.27. The number of nitrogens with one attached hydrogen (secondary N) is 1. The highest BCUT2D eigenvalue weighted by molar-refractivity contribution is 7.21. The van der Waals surface area contributed by atoms with Crippen LogP contribution in [0.5, 0.6) is 17.2 Å². The smallest absolute Gasteiger partial charge is 0.267 e. The molecule has 0 saturated carbocycles. The Morgan fingerprint density at radius 2 is 1.78 bits per heavy atom. The fourth-order valence-corrected chi connectivity index (χ4v) is 5.71. The molecule has 1 aliphatic heterocycles. The Kier molecular flexibility index (Phi) is 6.61. The number of nitrogens with zero attached hydrogens (tertiary/aromatic N) is 2. The Morgan fingerprint density at radius 3 is 2.41 bits per heavy atom. The molecule has 0 radical (unpaired) electrons. The minimum atomic E-state index is -0.380. The number of aromatic nitrogens is 1. The highest BCUT2D eigenvalue weighted by Crippen LogP contribution is 2.47. The third-order valence-electron chi connectivity index (χ3n) is 6.48. The Balaban J connectivity index is 1.73. The molecule has 0 aliphatic carbocycles. The van der Waals surface area contributed by atoms with Crippen LogP contribution in [-0.2, 0) is 13.0 Å². The Labute approximate surface area is 217 Å². The van der Waals surface area contributed by atoms with Crippen LogP contribution in [0.4, 0.5) is 15.8 Å². The maximum atomic E-state index is 13.3. The zero-order chi connectivity index (χ0) is 26.3. The molecule has 0 saturated heterocycles. The van der Waals surface area contributed by atoms with Crippen LogP contribution in [0.25, 0.3) is 21.3 Å². The van der Waals surface area contributed by atoms with Gasteiger partial charge in [-0.05, 0) is 54.6 Å². The first-order valence-corrected chi connectivity index (χ1v) is 12.5. The second-order valence-corrected chi connectivity index (χ2v) is 9.80. The van der Waals surface area contributed by atoms with E-state index < -0.39 is 0 Å². The molecule has 3 N–H and O–H groups in total. The maximum absolute atomic E-state index is 13.3. The van der Waals surface area contributed by atoms with Gasteiger partial charge in [-0.1, -0.05) is 0 Å². The quantitative estimate of drug-likeness (QED) is 0.370. The minimum absolute atomic E-state index is 0.340. The number of carbonyl (C=O) groups excluding carboxylic acids is 1. The van der Waals surface area contributed by atoms with Crippen LogP contribution in [0.15, 0.2) is 36.4 Å². The van der Waals surface area contributed by atoms with Gasteiger partial charge < -0.3 is 30.2 Å². The SMILES string of the molecule is COc1cc(-c2c3c(nc4sc(C(=O)Nc5ccc(F)cc5)c(N)c24)CCN(C)C3)cc(OC)c1OC. The van der Waals surface area contributed by atoms with Gasteiger partial charge in [-0.3, -0.25) is 4.79 Å². The number of ether oxygens (including phenoxy) is 3. The van der Waals surface area contributed by atoms with E-state index in [-0.39, 0.29) is 11.7 Å². The summed E-state index contributed by atoms with van der Waals surface area (Å²) in [5.41, 5.74) is 11.2. The van der Waals surface area contributed by atoms with Crippen molar-refractivity contribution >= 4 is 38.8 Å². The lowest BCUT2D eigenvalue weighted by molar-refractivity contribution is 0.103. The number of carbonyl (C=O) groups is 1. The predicted octanol–water partition coefficient (Wildman–Crippen LogP) is 4.95. The Hall–Kier alpha value is -3.89. The van der Waals surface area contributed by atoms with E-state index in [0.29, 0.717) is 50.3 Å². The molecule has 0 spiro atoms. The van der Waals surface area contributed by atoms with Crippen molar-refractivity contribution in [3.8, 4) is 28.4 Å². The van der Waals surface area contributed by atoms with Crippen molar-refractivity contribution in [2.75, 3.05) is 46.0 Å². The molecule has 2 aromatic heterocycles. The molecule has 0 bridgehead atoms. The summed E-state index contributed by atoms with van der Waals surface area (Å²) < 4.78 is 30.1. The topological polar surface area (TPSA) is 98.9 Å². The first-order chi connectivity index (χ1) is 17.8. The molecule has 1 amide bonds. The number of amides is 1. The number of rotatable bonds is 6. The molecule has 3 heterocycles. The summed E-state index contributed by atoms with van der Waals surface area (Å²) in [5, 5.41) is 3.51. The molecule has 0 unspecified atom stereocenters. The zero-order valence-electron chi connectivity index (χ0n) is 21.0. The zero-order valence-corrected chi connectivity index (χ0v) is 21.8. The highest BCUT2D eigenvalue weighted by Gasteiger charge is 2.28. The van der Waals surface area contributed by atoms with Crippen molar-refractivity contribution in [1.29, 1.82) is 0 Å². The first kappa shape index (κ1) is 24.8. The number of halogens is 1. The van der Waals surface area contributed by atoms with E-state index in [4.69, 9.17) is 24.9 Å². The first-order valence-electron chi connectivity index (χ1n) is 11.6. The number of anilines is 2. The van der Waals surface area contributed by atoms with Crippen molar-refractivity contribution in [2.24, 2.45) is 0 Å². The summed E-state index contributed by atoms with van der Waals surface area (Å²) in [6.45, 7) is 1.55. The summed E-state index contributed by atoms with van der Waals surface area (Å²) in [4.78, 5) is 21.4. The number of likely N-dealkylation sites (N-methyl/N-ethyl adjacent to an activating group) is 1. The van der Waals surface area contributed by atoms with Gasteiger partial charge in [0, 0.05) is 41.8 Å². The number of hydrogen-bond acceptors (Lipinski definition) is 8. The normalized spacial score (nSPS) is 13.3. The molecule has 1 aliphatic rings. The van der Waals surface area contributed by atoms with Gasteiger partial charge >= 0.3 is 0 Å². The summed E-state index contributed by atoms with van der Waals surface area (Å²) >= 11 is 1.24. The number of nitrogens with two attached hydrogens (primary N) is 1. The monoisotopic (exact) mass is 522 g/mol. The van der Waals surface area contributed by atoms with Crippen LogP contribution in [0.1, 0.15) is 20.9 Å². The number of nitrogen functional groups attached to an aromatic ring is 1. The van der Waals surface area contributed by atoms with Crippen molar-refractivity contribution in [3.05, 3.63) is 58.3 Å². The number of pyridine rings is 1. The largest absolute Gasteiger partial charge is 0.493 e. The standard InChI is InChI=1S/C27H27FN4O4S/c1-32-10-9-18-17(13-32)21(14-11-19(34-2)24(36-4)20(12-14)35-3)22-23(29)25(37-27(22)31-18)26(33)30-16-7-5-15(28)6-8-16/h5-8,11-12H,9-10,13,29H2,1-4H3,(H,30,33). The van der Waals surface area contributed by atoms with E-state index in [1.807, 2.05) is 12.1 Å². The van der Waals surface area contributed by atoms with Crippen LogP contribution < -0.4 is 25.3 Å². The van der Waals surface area contributed by atoms with Gasteiger partial charge in [-0.2, -0.15) is 0 Å². The van der Waals surface area contributed by atoms with E-state index in [9.17, 15) is 9.18 Å². The second-order valence-electron chi connectivity index (χ2n) is 8.80. The fraction of sp³-hybridized carbons (Fsp3) is 0.259. The number of hydrogen-bond donors (Lipinski definition) is 2.